The third kappa shape index (κ3) is 2.88. The lowest BCUT2D eigenvalue weighted by Gasteiger charge is -2.09. The Balaban J connectivity index is 1.42. The van der Waals surface area contributed by atoms with Gasteiger partial charge in [0.1, 0.15) is 0 Å². The Morgan fingerprint density at radius 2 is 1.54 bits per heavy atom. The van der Waals surface area contributed by atoms with Crippen LogP contribution in [0.1, 0.15) is 11.1 Å². The first-order valence-electron chi connectivity index (χ1n) is 8.09. The van der Waals surface area contributed by atoms with Crippen LogP contribution in [0.15, 0.2) is 72.8 Å². The summed E-state index contributed by atoms with van der Waals surface area (Å²) in [6.45, 7) is 0.251. The predicted octanol–water partition coefficient (Wildman–Crippen LogP) is 4.31. The van der Waals surface area contributed by atoms with Crippen molar-refractivity contribution in [2.24, 2.45) is 0 Å². The van der Waals surface area contributed by atoms with Gasteiger partial charge in [-0.2, -0.15) is 0 Å². The molecule has 1 aliphatic rings. The number of rotatable bonds is 4. The molecule has 0 heterocycles. The van der Waals surface area contributed by atoms with Crippen molar-refractivity contribution in [1.29, 1.82) is 0 Å². The Hall–Kier alpha value is -3.07. The monoisotopic (exact) mass is 314 g/mol. The molecule has 3 heteroatoms. The fourth-order valence-electron chi connectivity index (χ4n) is 3.16. The quantitative estimate of drug-likeness (QED) is 0.589. The van der Waals surface area contributed by atoms with E-state index in [-0.39, 0.29) is 12.5 Å². The number of carbonyl (C=O) groups is 1. The molecule has 3 aromatic carbocycles. The van der Waals surface area contributed by atoms with Crippen molar-refractivity contribution >= 4 is 17.3 Å². The molecule has 0 atom stereocenters. The fraction of sp³-hybridized carbons (Fsp3) is 0.0952. The maximum atomic E-state index is 12.0. The van der Waals surface area contributed by atoms with E-state index in [2.05, 4.69) is 47.0 Å². The van der Waals surface area contributed by atoms with Gasteiger partial charge in [-0.05, 0) is 52.9 Å². The van der Waals surface area contributed by atoms with Crippen LogP contribution < -0.4 is 10.6 Å². The number of para-hydroxylation sites is 1. The van der Waals surface area contributed by atoms with Crippen molar-refractivity contribution in [1.82, 2.24) is 0 Å². The van der Waals surface area contributed by atoms with Gasteiger partial charge in [-0.1, -0.05) is 48.5 Å². The summed E-state index contributed by atoms with van der Waals surface area (Å²) in [6.07, 6.45) is 0.956. The number of anilines is 2. The topological polar surface area (TPSA) is 41.1 Å². The molecule has 0 unspecified atom stereocenters. The number of nitrogens with one attached hydrogen (secondary N) is 2. The third-order valence-electron chi connectivity index (χ3n) is 4.30. The molecule has 1 aliphatic carbocycles. The largest absolute Gasteiger partial charge is 0.376 e. The van der Waals surface area contributed by atoms with Crippen LogP contribution in [0.4, 0.5) is 11.4 Å². The van der Waals surface area contributed by atoms with Crippen LogP contribution in [0.3, 0.4) is 0 Å². The highest BCUT2D eigenvalue weighted by Crippen LogP contribution is 2.37. The van der Waals surface area contributed by atoms with Crippen LogP contribution in [0, 0.1) is 0 Å². The van der Waals surface area contributed by atoms with E-state index in [1.807, 2.05) is 36.4 Å². The summed E-state index contributed by atoms with van der Waals surface area (Å²) < 4.78 is 0. The van der Waals surface area contributed by atoms with E-state index in [9.17, 15) is 4.79 Å². The maximum absolute atomic E-state index is 12.0. The van der Waals surface area contributed by atoms with Gasteiger partial charge in [0.2, 0.25) is 5.91 Å². The maximum Gasteiger partial charge on any atom is 0.243 e. The molecule has 2 N–H and O–H groups in total. The fourth-order valence-corrected chi connectivity index (χ4v) is 3.16. The predicted molar refractivity (Wildman–Crippen MR) is 98.2 cm³/mol. The van der Waals surface area contributed by atoms with Gasteiger partial charge in [0.15, 0.2) is 0 Å². The summed E-state index contributed by atoms with van der Waals surface area (Å²) in [7, 11) is 0. The van der Waals surface area contributed by atoms with Gasteiger partial charge in [0.05, 0.1) is 6.54 Å². The molecular formula is C21H18N2O. The minimum atomic E-state index is -0.0509. The van der Waals surface area contributed by atoms with Crippen molar-refractivity contribution in [3.63, 3.8) is 0 Å². The number of hydrogen-bond acceptors (Lipinski definition) is 2. The molecule has 0 saturated heterocycles. The zero-order chi connectivity index (χ0) is 16.4. The van der Waals surface area contributed by atoms with Crippen LogP contribution in [-0.2, 0) is 11.2 Å². The molecular weight excluding hydrogens is 296 g/mol. The lowest BCUT2D eigenvalue weighted by Crippen LogP contribution is -2.21. The van der Waals surface area contributed by atoms with Gasteiger partial charge in [-0.15, -0.1) is 0 Å². The lowest BCUT2D eigenvalue weighted by molar-refractivity contribution is -0.114. The highest BCUT2D eigenvalue weighted by molar-refractivity contribution is 5.93. The number of benzene rings is 3. The molecule has 0 fully saturated rings. The molecule has 1 amide bonds. The summed E-state index contributed by atoms with van der Waals surface area (Å²) in [5.74, 6) is -0.0509. The van der Waals surface area contributed by atoms with Crippen LogP contribution in [-0.4, -0.2) is 12.5 Å². The molecule has 24 heavy (non-hydrogen) atoms. The van der Waals surface area contributed by atoms with Gasteiger partial charge in [-0.3, -0.25) is 4.79 Å². The van der Waals surface area contributed by atoms with Crippen LogP contribution in [0.5, 0.6) is 0 Å². The highest BCUT2D eigenvalue weighted by atomic mass is 16.1. The Labute approximate surface area is 141 Å². The molecule has 4 rings (SSSR count). The zero-order valence-corrected chi connectivity index (χ0v) is 13.3. The Kier molecular flexibility index (Phi) is 3.75. The first-order valence-corrected chi connectivity index (χ1v) is 8.09. The zero-order valence-electron chi connectivity index (χ0n) is 13.3. The summed E-state index contributed by atoms with van der Waals surface area (Å²) in [4.78, 5) is 12.0. The summed E-state index contributed by atoms with van der Waals surface area (Å²) >= 11 is 0. The first kappa shape index (κ1) is 14.5. The molecule has 0 radical (unpaired) electrons. The average Bonchev–Trinajstić information content (AvgIpc) is 2.98. The van der Waals surface area contributed by atoms with Crippen molar-refractivity contribution in [2.45, 2.75) is 6.42 Å². The average molecular weight is 314 g/mol. The molecule has 0 bridgehead atoms. The van der Waals surface area contributed by atoms with Crippen molar-refractivity contribution in [3.8, 4) is 11.1 Å². The second-order valence-electron chi connectivity index (χ2n) is 5.97. The first-order chi connectivity index (χ1) is 11.8. The van der Waals surface area contributed by atoms with Crippen LogP contribution in [0.2, 0.25) is 0 Å². The smallest absolute Gasteiger partial charge is 0.243 e. The third-order valence-corrected chi connectivity index (χ3v) is 4.30. The van der Waals surface area contributed by atoms with Crippen LogP contribution >= 0.6 is 0 Å². The van der Waals surface area contributed by atoms with E-state index in [1.165, 1.54) is 22.3 Å². The van der Waals surface area contributed by atoms with Gasteiger partial charge >= 0.3 is 0 Å². The van der Waals surface area contributed by atoms with Crippen molar-refractivity contribution < 1.29 is 4.79 Å². The van der Waals surface area contributed by atoms with E-state index in [0.717, 1.165) is 17.8 Å². The number of hydrogen-bond donors (Lipinski definition) is 2. The van der Waals surface area contributed by atoms with Gasteiger partial charge in [0, 0.05) is 11.4 Å². The van der Waals surface area contributed by atoms with Crippen LogP contribution in [0.25, 0.3) is 11.1 Å². The minimum Gasteiger partial charge on any atom is -0.376 e. The Morgan fingerprint density at radius 1 is 0.792 bits per heavy atom. The summed E-state index contributed by atoms with van der Waals surface area (Å²) in [6, 6.07) is 24.3. The molecule has 118 valence electrons. The highest BCUT2D eigenvalue weighted by Gasteiger charge is 2.17. The Morgan fingerprint density at radius 3 is 2.42 bits per heavy atom. The van der Waals surface area contributed by atoms with E-state index in [1.54, 1.807) is 0 Å². The molecule has 0 aliphatic heterocycles. The minimum absolute atomic E-state index is 0.0509. The molecule has 0 spiro atoms. The van der Waals surface area contributed by atoms with Crippen molar-refractivity contribution in [2.75, 3.05) is 17.2 Å². The number of carbonyl (C=O) groups excluding carboxylic acids is 1. The van der Waals surface area contributed by atoms with E-state index >= 15 is 0 Å². The van der Waals surface area contributed by atoms with E-state index in [4.69, 9.17) is 0 Å². The van der Waals surface area contributed by atoms with Gasteiger partial charge in [-0.25, -0.2) is 0 Å². The van der Waals surface area contributed by atoms with Gasteiger partial charge in [0.25, 0.3) is 0 Å². The lowest BCUT2D eigenvalue weighted by atomic mass is 10.1. The second-order valence-corrected chi connectivity index (χ2v) is 5.97. The second kappa shape index (κ2) is 6.20. The van der Waals surface area contributed by atoms with E-state index < -0.39 is 0 Å². The van der Waals surface area contributed by atoms with Crippen molar-refractivity contribution in [3.05, 3.63) is 83.9 Å². The molecule has 0 saturated carbocycles. The summed E-state index contributed by atoms with van der Waals surface area (Å²) in [5.41, 5.74) is 7.08. The molecule has 3 aromatic rings. The van der Waals surface area contributed by atoms with E-state index in [0.29, 0.717) is 0 Å². The normalized spacial score (nSPS) is 11.5. The SMILES string of the molecule is O=C(CNc1ccc2c(c1)Cc1ccccc1-2)Nc1ccccc1. The molecule has 0 aromatic heterocycles. The number of fused-ring (bicyclic) bond motifs is 3. The Bertz CT molecular complexity index is 887. The number of amides is 1. The molecule has 3 nitrogen and oxygen atoms in total. The summed E-state index contributed by atoms with van der Waals surface area (Å²) in [5, 5.41) is 6.09. The van der Waals surface area contributed by atoms with Gasteiger partial charge < -0.3 is 10.6 Å². The standard InChI is InChI=1S/C21H18N2O/c24-21(23-17-7-2-1-3-8-17)14-22-18-10-11-20-16(13-18)12-15-6-4-5-9-19(15)20/h1-11,13,22H,12,14H2,(H,23,24).